The van der Waals surface area contributed by atoms with E-state index >= 15 is 0 Å². The molecule has 0 radical (unpaired) electrons. The van der Waals surface area contributed by atoms with Gasteiger partial charge in [0.05, 0.1) is 0 Å². The molecule has 90 valence electrons. The molecule has 6 heteroatoms. The van der Waals surface area contributed by atoms with Gasteiger partial charge in [-0.2, -0.15) is 4.98 Å². The van der Waals surface area contributed by atoms with Crippen LogP contribution in [0.3, 0.4) is 0 Å². The molecule has 0 saturated heterocycles. The van der Waals surface area contributed by atoms with Crippen molar-refractivity contribution in [1.82, 2.24) is 19.7 Å². The van der Waals surface area contributed by atoms with E-state index in [-0.39, 0.29) is 0 Å². The second-order valence-electron chi connectivity index (χ2n) is 4.55. The number of anilines is 1. The van der Waals surface area contributed by atoms with Crippen LogP contribution in [0.5, 0.6) is 0 Å². The molecule has 0 aliphatic carbocycles. The lowest BCUT2D eigenvalue weighted by Crippen LogP contribution is -2.18. The lowest BCUT2D eigenvalue weighted by molar-refractivity contribution is 0.323. The Bertz CT molecular complexity index is 515. The number of aromatic nitrogens is 4. The van der Waals surface area contributed by atoms with Crippen molar-refractivity contribution in [3.05, 3.63) is 24.1 Å². The van der Waals surface area contributed by atoms with Crippen LogP contribution in [0.25, 0.3) is 0 Å². The highest BCUT2D eigenvalue weighted by Gasteiger charge is 2.25. The first-order valence-corrected chi connectivity index (χ1v) is 5.75. The Morgan fingerprint density at radius 2 is 2.35 bits per heavy atom. The van der Waals surface area contributed by atoms with Crippen molar-refractivity contribution in [3.63, 3.8) is 0 Å². The summed E-state index contributed by atoms with van der Waals surface area (Å²) in [7, 11) is 3.81. The summed E-state index contributed by atoms with van der Waals surface area (Å²) in [6.07, 6.45) is 5.77. The normalized spacial score (nSPS) is 19.1. The van der Waals surface area contributed by atoms with Crippen LogP contribution in [0, 0.1) is 0 Å². The number of fused-ring (bicyclic) bond motifs is 1. The molecule has 0 N–H and O–H groups in total. The number of nitrogens with zero attached hydrogens (tertiary/aromatic N) is 5. The molecule has 1 aliphatic rings. The Labute approximate surface area is 99.3 Å². The van der Waals surface area contributed by atoms with E-state index in [9.17, 15) is 0 Å². The summed E-state index contributed by atoms with van der Waals surface area (Å²) in [5.74, 6) is 2.76. The number of hydrogen-bond donors (Lipinski definition) is 0. The third-order valence-corrected chi connectivity index (χ3v) is 3.13. The molecule has 17 heavy (non-hydrogen) atoms. The third kappa shape index (κ3) is 1.79. The maximum Gasteiger partial charge on any atom is 0.265 e. The fraction of sp³-hybridized carbons (Fsp3) is 0.545. The van der Waals surface area contributed by atoms with Crippen molar-refractivity contribution in [3.8, 4) is 0 Å². The second kappa shape index (κ2) is 3.87. The summed E-state index contributed by atoms with van der Waals surface area (Å²) >= 11 is 0. The molecule has 0 saturated carbocycles. The smallest absolute Gasteiger partial charge is 0.265 e. The molecule has 0 amide bonds. The molecule has 1 aliphatic heterocycles. The molecule has 2 aromatic heterocycles. The molecule has 2 aromatic rings. The first-order valence-electron chi connectivity index (χ1n) is 5.75. The fourth-order valence-electron chi connectivity index (χ4n) is 2.14. The summed E-state index contributed by atoms with van der Waals surface area (Å²) in [5.41, 5.74) is 0. The van der Waals surface area contributed by atoms with Crippen LogP contribution in [-0.4, -0.2) is 33.8 Å². The van der Waals surface area contributed by atoms with Crippen molar-refractivity contribution >= 4 is 5.95 Å². The summed E-state index contributed by atoms with van der Waals surface area (Å²) in [6, 6.07) is 0. The number of aryl methyl sites for hydroxylation is 1. The van der Waals surface area contributed by atoms with E-state index in [1.54, 1.807) is 0 Å². The summed E-state index contributed by atoms with van der Waals surface area (Å²) in [5, 5.41) is 3.95. The van der Waals surface area contributed by atoms with Crippen molar-refractivity contribution in [2.75, 3.05) is 19.0 Å². The van der Waals surface area contributed by atoms with Gasteiger partial charge in [0, 0.05) is 45.4 Å². The van der Waals surface area contributed by atoms with E-state index in [1.807, 2.05) is 31.4 Å². The van der Waals surface area contributed by atoms with Crippen LogP contribution < -0.4 is 4.90 Å². The molecular weight excluding hydrogens is 218 g/mol. The van der Waals surface area contributed by atoms with Gasteiger partial charge < -0.3 is 14.0 Å². The van der Waals surface area contributed by atoms with Gasteiger partial charge in [0.1, 0.15) is 5.82 Å². The lowest BCUT2D eigenvalue weighted by atomic mass is 9.98. The average Bonchev–Trinajstić information content (AvgIpc) is 2.97. The minimum Gasteiger partial charge on any atom is -0.344 e. The SMILES string of the molecule is CN(C)c1noc([C@H]2CCn3ccnc3C2)n1. The van der Waals surface area contributed by atoms with Gasteiger partial charge in [-0.1, -0.05) is 0 Å². The van der Waals surface area contributed by atoms with E-state index in [0.29, 0.717) is 11.9 Å². The highest BCUT2D eigenvalue weighted by atomic mass is 16.5. The molecule has 3 heterocycles. The van der Waals surface area contributed by atoms with Crippen molar-refractivity contribution < 1.29 is 4.52 Å². The lowest BCUT2D eigenvalue weighted by Gasteiger charge is -2.20. The third-order valence-electron chi connectivity index (χ3n) is 3.13. The van der Waals surface area contributed by atoms with Gasteiger partial charge in [-0.3, -0.25) is 0 Å². The summed E-state index contributed by atoms with van der Waals surface area (Å²) < 4.78 is 7.50. The topological polar surface area (TPSA) is 60.0 Å². The Morgan fingerprint density at radius 3 is 3.12 bits per heavy atom. The largest absolute Gasteiger partial charge is 0.344 e. The molecule has 0 aromatic carbocycles. The van der Waals surface area contributed by atoms with Crippen LogP contribution >= 0.6 is 0 Å². The zero-order chi connectivity index (χ0) is 11.8. The predicted octanol–water partition coefficient (Wildman–Crippen LogP) is 1.06. The number of hydrogen-bond acceptors (Lipinski definition) is 5. The highest BCUT2D eigenvalue weighted by Crippen LogP contribution is 2.28. The van der Waals surface area contributed by atoms with Crippen LogP contribution in [-0.2, 0) is 13.0 Å². The standard InChI is InChI=1S/C11H15N5O/c1-15(2)11-13-10(17-14-11)8-3-5-16-6-4-12-9(16)7-8/h4,6,8H,3,5,7H2,1-2H3/t8-/m0/s1. The fourth-order valence-corrected chi connectivity index (χ4v) is 2.14. The van der Waals surface area contributed by atoms with E-state index < -0.39 is 0 Å². The Morgan fingerprint density at radius 1 is 1.47 bits per heavy atom. The molecule has 0 spiro atoms. The quantitative estimate of drug-likeness (QED) is 0.776. The Hall–Kier alpha value is -1.85. The van der Waals surface area contributed by atoms with Crippen molar-refractivity contribution in [2.45, 2.75) is 25.3 Å². The van der Waals surface area contributed by atoms with Gasteiger partial charge >= 0.3 is 0 Å². The van der Waals surface area contributed by atoms with Gasteiger partial charge in [-0.05, 0) is 11.6 Å². The number of imidazole rings is 1. The average molecular weight is 233 g/mol. The summed E-state index contributed by atoms with van der Waals surface area (Å²) in [6.45, 7) is 0.972. The molecule has 0 bridgehead atoms. The molecular formula is C11H15N5O. The maximum atomic E-state index is 5.32. The Kier molecular flexibility index (Phi) is 2.35. The van der Waals surface area contributed by atoms with Crippen LogP contribution in [0.2, 0.25) is 0 Å². The summed E-state index contributed by atoms with van der Waals surface area (Å²) in [4.78, 5) is 10.6. The van der Waals surface area contributed by atoms with E-state index in [4.69, 9.17) is 4.52 Å². The predicted molar refractivity (Wildman–Crippen MR) is 61.9 cm³/mol. The molecule has 0 unspecified atom stereocenters. The van der Waals surface area contributed by atoms with Gasteiger partial charge in [-0.25, -0.2) is 4.98 Å². The monoisotopic (exact) mass is 233 g/mol. The molecule has 0 fully saturated rings. The zero-order valence-corrected chi connectivity index (χ0v) is 10.00. The highest BCUT2D eigenvalue weighted by molar-refractivity contribution is 5.24. The minimum atomic E-state index is 0.297. The van der Waals surface area contributed by atoms with Crippen molar-refractivity contribution in [1.29, 1.82) is 0 Å². The van der Waals surface area contributed by atoms with Gasteiger partial charge in [-0.15, -0.1) is 0 Å². The molecule has 6 nitrogen and oxygen atoms in total. The first kappa shape index (κ1) is 10.3. The zero-order valence-electron chi connectivity index (χ0n) is 10.00. The molecule has 3 rings (SSSR count). The second-order valence-corrected chi connectivity index (χ2v) is 4.55. The van der Waals surface area contributed by atoms with E-state index in [0.717, 1.165) is 31.1 Å². The molecule has 1 atom stereocenters. The van der Waals surface area contributed by atoms with Crippen LogP contribution in [0.15, 0.2) is 16.9 Å². The minimum absolute atomic E-state index is 0.297. The van der Waals surface area contributed by atoms with E-state index in [1.165, 1.54) is 0 Å². The van der Waals surface area contributed by atoms with Crippen molar-refractivity contribution in [2.24, 2.45) is 0 Å². The Balaban J connectivity index is 1.82. The maximum absolute atomic E-state index is 5.32. The van der Waals surface area contributed by atoms with Crippen LogP contribution in [0.4, 0.5) is 5.95 Å². The van der Waals surface area contributed by atoms with Gasteiger partial charge in [0.15, 0.2) is 0 Å². The van der Waals surface area contributed by atoms with Crippen LogP contribution in [0.1, 0.15) is 24.1 Å². The van der Waals surface area contributed by atoms with E-state index in [2.05, 4.69) is 19.7 Å². The van der Waals surface area contributed by atoms with Gasteiger partial charge in [0.25, 0.3) is 5.95 Å². The number of rotatable bonds is 2. The first-order chi connectivity index (χ1) is 8.24. The van der Waals surface area contributed by atoms with Gasteiger partial charge in [0.2, 0.25) is 5.89 Å².